The third-order valence-corrected chi connectivity index (χ3v) is 6.07. The molecule has 1 N–H and O–H groups in total. The number of anilines is 1. The minimum absolute atomic E-state index is 0.0192. The first-order valence-corrected chi connectivity index (χ1v) is 10.6. The van der Waals surface area contributed by atoms with Crippen molar-refractivity contribution >= 4 is 28.4 Å². The number of alkyl halides is 3. The van der Waals surface area contributed by atoms with E-state index in [0.29, 0.717) is 5.56 Å². The molecule has 1 aliphatic rings. The smallest absolute Gasteiger partial charge is 0.350 e. The number of hydrogen-bond acceptors (Lipinski definition) is 2. The lowest BCUT2D eigenvalue weighted by molar-refractivity contribution is -0.137. The van der Waals surface area contributed by atoms with Gasteiger partial charge in [0.1, 0.15) is 6.54 Å². The van der Waals surface area contributed by atoms with Crippen LogP contribution < -0.4 is 5.32 Å². The Morgan fingerprint density at radius 2 is 1.71 bits per heavy atom. The number of carbonyl (C=O) groups is 2. The van der Waals surface area contributed by atoms with Crippen LogP contribution in [0.1, 0.15) is 33.1 Å². The summed E-state index contributed by atoms with van der Waals surface area (Å²) in [6, 6.07) is 18.9. The molecule has 5 rings (SSSR count). The molecule has 4 aromatic rings. The third kappa shape index (κ3) is 3.71. The summed E-state index contributed by atoms with van der Waals surface area (Å²) in [5.41, 5.74) is 2.32. The van der Waals surface area contributed by atoms with E-state index in [1.807, 2.05) is 54.2 Å². The minimum Gasteiger partial charge on any atom is -0.350 e. The number of para-hydroxylation sites is 1. The highest BCUT2D eigenvalue weighted by atomic mass is 19.4. The molecule has 5 nitrogen and oxygen atoms in total. The van der Waals surface area contributed by atoms with Gasteiger partial charge in [-0.05, 0) is 35.9 Å². The number of carbonyl (C=O) groups excluding carboxylic acids is 2. The van der Waals surface area contributed by atoms with Gasteiger partial charge in [0.15, 0.2) is 0 Å². The zero-order valence-corrected chi connectivity index (χ0v) is 18.1. The van der Waals surface area contributed by atoms with Gasteiger partial charge < -0.3 is 14.8 Å². The molecule has 3 aromatic carbocycles. The maximum atomic E-state index is 13.3. The molecule has 0 saturated heterocycles. The van der Waals surface area contributed by atoms with Crippen molar-refractivity contribution in [1.29, 1.82) is 0 Å². The maximum Gasteiger partial charge on any atom is 0.416 e. The van der Waals surface area contributed by atoms with Gasteiger partial charge in [-0.1, -0.05) is 42.5 Å². The Hall–Kier alpha value is -4.07. The molecule has 0 radical (unpaired) electrons. The Morgan fingerprint density at radius 3 is 2.50 bits per heavy atom. The quantitative estimate of drug-likeness (QED) is 0.442. The summed E-state index contributed by atoms with van der Waals surface area (Å²) in [5.74, 6) is -0.876. The van der Waals surface area contributed by atoms with Gasteiger partial charge >= 0.3 is 6.18 Å². The van der Waals surface area contributed by atoms with E-state index in [4.69, 9.17) is 0 Å². The summed E-state index contributed by atoms with van der Waals surface area (Å²) >= 11 is 0. The molecule has 2 heterocycles. The number of halogens is 3. The lowest BCUT2D eigenvalue weighted by Crippen LogP contribution is -2.36. The van der Waals surface area contributed by atoms with Crippen molar-refractivity contribution in [1.82, 2.24) is 9.47 Å². The molecular formula is C26H20F3N3O2. The number of amides is 2. The Bertz CT molecular complexity index is 1420. The first-order chi connectivity index (χ1) is 16.2. The van der Waals surface area contributed by atoms with Gasteiger partial charge in [0.05, 0.1) is 11.6 Å². The van der Waals surface area contributed by atoms with E-state index >= 15 is 0 Å². The minimum atomic E-state index is -4.52. The predicted molar refractivity (Wildman–Crippen MR) is 122 cm³/mol. The van der Waals surface area contributed by atoms with Crippen molar-refractivity contribution < 1.29 is 22.8 Å². The Kier molecular flexibility index (Phi) is 5.16. The van der Waals surface area contributed by atoms with Crippen LogP contribution in [-0.4, -0.2) is 27.8 Å². The van der Waals surface area contributed by atoms with Crippen LogP contribution in [0.25, 0.3) is 10.9 Å². The topological polar surface area (TPSA) is 54.3 Å². The monoisotopic (exact) mass is 463 g/mol. The van der Waals surface area contributed by atoms with E-state index in [2.05, 4.69) is 5.32 Å². The lowest BCUT2D eigenvalue weighted by atomic mass is 9.97. The molecule has 0 aliphatic carbocycles. The average Bonchev–Trinajstić information content (AvgIpc) is 3.28. The van der Waals surface area contributed by atoms with Crippen LogP contribution in [0.2, 0.25) is 0 Å². The SMILES string of the molecule is Cn1cc(C2c3ccccc3C(=O)N2CC(=O)Nc2cccc(C(F)(F)F)c2)c2ccccc21. The molecule has 0 fully saturated rings. The van der Waals surface area contributed by atoms with Gasteiger partial charge in [-0.15, -0.1) is 0 Å². The predicted octanol–water partition coefficient (Wildman–Crippen LogP) is 5.38. The van der Waals surface area contributed by atoms with Crippen LogP contribution >= 0.6 is 0 Å². The molecule has 0 bridgehead atoms. The molecule has 0 saturated carbocycles. The van der Waals surface area contributed by atoms with Crippen molar-refractivity contribution in [3.8, 4) is 0 Å². The molecule has 34 heavy (non-hydrogen) atoms. The number of fused-ring (bicyclic) bond motifs is 2. The molecule has 1 aromatic heterocycles. The van der Waals surface area contributed by atoms with Gasteiger partial charge in [-0.3, -0.25) is 9.59 Å². The molecule has 0 spiro atoms. The Labute approximate surface area is 193 Å². The van der Waals surface area contributed by atoms with Gasteiger partial charge in [0, 0.05) is 41.0 Å². The highest BCUT2D eigenvalue weighted by Gasteiger charge is 2.39. The molecular weight excluding hydrogens is 443 g/mol. The Balaban J connectivity index is 1.49. The standard InChI is InChI=1S/C26H20F3N3O2/c1-31-14-21(18-9-4-5-12-22(18)31)24-19-10-2-3-11-20(19)25(34)32(24)15-23(33)30-17-8-6-7-16(13-17)26(27,28)29/h2-14,24H,15H2,1H3,(H,30,33). The number of benzene rings is 3. The molecule has 172 valence electrons. The fourth-order valence-electron chi connectivity index (χ4n) is 4.59. The first kappa shape index (κ1) is 21.8. The fourth-order valence-corrected chi connectivity index (χ4v) is 4.59. The van der Waals surface area contributed by atoms with Gasteiger partial charge in [-0.25, -0.2) is 0 Å². The fraction of sp³-hybridized carbons (Fsp3) is 0.154. The summed E-state index contributed by atoms with van der Waals surface area (Å²) in [4.78, 5) is 27.6. The number of aryl methyl sites for hydroxylation is 1. The zero-order chi connectivity index (χ0) is 24.0. The summed E-state index contributed by atoms with van der Waals surface area (Å²) in [6.45, 7) is -0.308. The van der Waals surface area contributed by atoms with Crippen LogP contribution in [0.3, 0.4) is 0 Å². The summed E-state index contributed by atoms with van der Waals surface area (Å²) in [5, 5.41) is 3.47. The molecule has 8 heteroatoms. The largest absolute Gasteiger partial charge is 0.416 e. The van der Waals surface area contributed by atoms with Crippen LogP contribution in [0.4, 0.5) is 18.9 Å². The van der Waals surface area contributed by atoms with E-state index in [-0.39, 0.29) is 18.1 Å². The van der Waals surface area contributed by atoms with Crippen LogP contribution in [0.5, 0.6) is 0 Å². The second-order valence-corrected chi connectivity index (χ2v) is 8.26. The number of hydrogen-bond donors (Lipinski definition) is 1. The number of nitrogens with one attached hydrogen (secondary N) is 1. The summed E-state index contributed by atoms with van der Waals surface area (Å²) in [6.07, 6.45) is -2.57. The van der Waals surface area contributed by atoms with Crippen molar-refractivity contribution in [2.24, 2.45) is 7.05 Å². The average molecular weight is 463 g/mol. The summed E-state index contributed by atoms with van der Waals surface area (Å²) in [7, 11) is 1.92. The van der Waals surface area contributed by atoms with Crippen molar-refractivity contribution in [3.63, 3.8) is 0 Å². The maximum absolute atomic E-state index is 13.3. The second-order valence-electron chi connectivity index (χ2n) is 8.26. The lowest BCUT2D eigenvalue weighted by Gasteiger charge is -2.25. The zero-order valence-electron chi connectivity index (χ0n) is 18.1. The van der Waals surface area contributed by atoms with Gasteiger partial charge in [0.25, 0.3) is 5.91 Å². The third-order valence-electron chi connectivity index (χ3n) is 6.07. The van der Waals surface area contributed by atoms with E-state index in [1.165, 1.54) is 17.0 Å². The number of aromatic nitrogens is 1. The van der Waals surface area contributed by atoms with Crippen LogP contribution in [0, 0.1) is 0 Å². The number of nitrogens with zero attached hydrogens (tertiary/aromatic N) is 2. The first-order valence-electron chi connectivity index (χ1n) is 10.6. The van der Waals surface area contributed by atoms with Gasteiger partial charge in [-0.2, -0.15) is 13.2 Å². The summed E-state index contributed by atoms with van der Waals surface area (Å²) < 4.78 is 41.1. The van der Waals surface area contributed by atoms with Crippen molar-refractivity contribution in [3.05, 3.63) is 101 Å². The molecule has 1 atom stereocenters. The van der Waals surface area contributed by atoms with Crippen LogP contribution in [-0.2, 0) is 18.0 Å². The van der Waals surface area contributed by atoms with E-state index in [1.54, 1.807) is 12.1 Å². The molecule has 2 amide bonds. The van der Waals surface area contributed by atoms with Gasteiger partial charge in [0.2, 0.25) is 5.91 Å². The normalized spacial score (nSPS) is 15.6. The van der Waals surface area contributed by atoms with Crippen molar-refractivity contribution in [2.75, 3.05) is 11.9 Å². The van der Waals surface area contributed by atoms with Crippen molar-refractivity contribution in [2.45, 2.75) is 12.2 Å². The molecule has 1 aliphatic heterocycles. The van der Waals surface area contributed by atoms with E-state index in [0.717, 1.165) is 34.2 Å². The second kappa shape index (κ2) is 8.06. The molecule has 1 unspecified atom stereocenters. The Morgan fingerprint density at radius 1 is 0.971 bits per heavy atom. The van der Waals surface area contributed by atoms with Crippen LogP contribution in [0.15, 0.2) is 79.0 Å². The highest BCUT2D eigenvalue weighted by molar-refractivity contribution is 6.04. The van der Waals surface area contributed by atoms with E-state index < -0.39 is 23.7 Å². The van der Waals surface area contributed by atoms with E-state index in [9.17, 15) is 22.8 Å². The number of rotatable bonds is 4. The highest BCUT2D eigenvalue weighted by Crippen LogP contribution is 2.41.